The molecule has 384 valence electrons. The number of benzene rings is 6. The molecule has 0 atom stereocenters. The van der Waals surface area contributed by atoms with Gasteiger partial charge in [-0.15, -0.1) is 0 Å². The minimum absolute atomic E-state index is 0.624. The molecule has 0 aliphatic rings. The van der Waals surface area contributed by atoms with Crippen molar-refractivity contribution >= 4 is 72.9 Å². The highest BCUT2D eigenvalue weighted by molar-refractivity contribution is 5.86. The van der Waals surface area contributed by atoms with Crippen molar-refractivity contribution in [2.45, 2.75) is 0 Å². The van der Waals surface area contributed by atoms with Crippen LogP contribution in [-0.4, -0.2) is 85.3 Å². The van der Waals surface area contributed by atoms with Crippen LogP contribution in [0.15, 0.2) is 86.0 Å². The maximum atomic E-state index is 5.91. The molecule has 0 amide bonds. The molecule has 0 heterocycles. The standard InChI is InChI=1S/C62H64O12/c1-15-39-27-53(65-5)41(29-51(39)63-3)17-19-43-31-57(69-9)45(33-55(43)67-7)21-23-47-35-61(73-13)49(37-59(47)71-11)25-26-50-38-60(72-12)48(36-62(50)74-14)24-22-46-34-56(68-8)44(32-58(46)70-10)20-18-42-30-52(64-4)40(16-2)28-54(42)66-6/h15-38H,1-2H2,3-14H3/b19-17+,20-18+,23-21+,24-22+,26-25+. The molecule has 0 aliphatic heterocycles. The fourth-order valence-electron chi connectivity index (χ4n) is 8.19. The Hall–Kier alpha value is -8.90. The second-order valence-electron chi connectivity index (χ2n) is 16.1. The molecule has 0 saturated heterocycles. The van der Waals surface area contributed by atoms with Crippen LogP contribution >= 0.6 is 0 Å². The van der Waals surface area contributed by atoms with Crippen LogP contribution in [0.5, 0.6) is 69.0 Å². The number of hydrogen-bond acceptors (Lipinski definition) is 12. The summed E-state index contributed by atoms with van der Waals surface area (Å²) < 4.78 is 69.5. The van der Waals surface area contributed by atoms with Crippen molar-refractivity contribution in [1.29, 1.82) is 0 Å². The highest BCUT2D eigenvalue weighted by atomic mass is 16.5. The molecule has 0 saturated carbocycles. The summed E-state index contributed by atoms with van der Waals surface area (Å²) in [7, 11) is 19.5. The molecule has 0 spiro atoms. The zero-order valence-corrected chi connectivity index (χ0v) is 44.2. The van der Waals surface area contributed by atoms with Crippen molar-refractivity contribution in [2.75, 3.05) is 85.3 Å². The Kier molecular flexibility index (Phi) is 19.1. The van der Waals surface area contributed by atoms with E-state index in [2.05, 4.69) is 13.2 Å². The summed E-state index contributed by atoms with van der Waals surface area (Å²) in [4.78, 5) is 0. The van der Waals surface area contributed by atoms with Crippen LogP contribution in [0.1, 0.15) is 66.8 Å². The number of ether oxygens (including phenoxy) is 12. The van der Waals surface area contributed by atoms with Crippen molar-refractivity contribution in [3.8, 4) is 69.0 Å². The third-order valence-electron chi connectivity index (χ3n) is 12.1. The van der Waals surface area contributed by atoms with Crippen LogP contribution in [0, 0.1) is 0 Å². The van der Waals surface area contributed by atoms with Crippen molar-refractivity contribution in [2.24, 2.45) is 0 Å². The lowest BCUT2D eigenvalue weighted by Crippen LogP contribution is -1.95. The minimum Gasteiger partial charge on any atom is -0.496 e. The molecule has 0 fully saturated rings. The molecule has 0 unspecified atom stereocenters. The van der Waals surface area contributed by atoms with E-state index in [-0.39, 0.29) is 0 Å². The zero-order valence-electron chi connectivity index (χ0n) is 44.2. The molecule has 0 bridgehead atoms. The third kappa shape index (κ3) is 12.4. The first-order valence-corrected chi connectivity index (χ1v) is 23.2. The monoisotopic (exact) mass is 1000 g/mol. The Morgan fingerprint density at radius 2 is 0.284 bits per heavy atom. The van der Waals surface area contributed by atoms with E-state index in [1.165, 1.54) is 0 Å². The predicted octanol–water partition coefficient (Wildman–Crippen LogP) is 13.9. The Bertz CT molecular complexity index is 2930. The van der Waals surface area contributed by atoms with E-state index in [1.807, 2.05) is 134 Å². The molecule has 0 aliphatic carbocycles. The number of methoxy groups -OCH3 is 12. The van der Waals surface area contributed by atoms with Crippen molar-refractivity contribution in [3.63, 3.8) is 0 Å². The lowest BCUT2D eigenvalue weighted by Gasteiger charge is -2.14. The maximum absolute atomic E-state index is 5.91. The van der Waals surface area contributed by atoms with E-state index in [0.29, 0.717) is 69.0 Å². The summed E-state index contributed by atoms with van der Waals surface area (Å²) in [6, 6.07) is 22.9. The lowest BCUT2D eigenvalue weighted by atomic mass is 10.0. The Morgan fingerprint density at radius 3 is 0.378 bits per heavy atom. The van der Waals surface area contributed by atoms with E-state index in [4.69, 9.17) is 56.8 Å². The summed E-state index contributed by atoms with van der Waals surface area (Å²) in [6.45, 7) is 7.77. The van der Waals surface area contributed by atoms with Gasteiger partial charge in [-0.2, -0.15) is 0 Å². The fourth-order valence-corrected chi connectivity index (χ4v) is 8.19. The summed E-state index contributed by atoms with van der Waals surface area (Å²) in [6.07, 6.45) is 22.9. The normalized spacial score (nSPS) is 11.4. The van der Waals surface area contributed by atoms with Crippen LogP contribution in [-0.2, 0) is 0 Å². The second kappa shape index (κ2) is 26.0. The van der Waals surface area contributed by atoms with Gasteiger partial charge in [0.05, 0.1) is 85.3 Å². The van der Waals surface area contributed by atoms with E-state index in [9.17, 15) is 0 Å². The largest absolute Gasteiger partial charge is 0.496 e. The summed E-state index contributed by atoms with van der Waals surface area (Å²) in [5.74, 6) is 7.78. The molecule has 12 nitrogen and oxygen atoms in total. The van der Waals surface area contributed by atoms with Gasteiger partial charge in [0, 0.05) is 66.8 Å². The van der Waals surface area contributed by atoms with Gasteiger partial charge >= 0.3 is 0 Å². The first-order valence-electron chi connectivity index (χ1n) is 23.2. The Balaban J connectivity index is 1.26. The van der Waals surface area contributed by atoms with Crippen LogP contribution in [0.4, 0.5) is 0 Å². The highest BCUT2D eigenvalue weighted by Gasteiger charge is 2.16. The molecular formula is C62H64O12. The van der Waals surface area contributed by atoms with E-state index in [1.54, 1.807) is 97.5 Å². The average molecular weight is 1000 g/mol. The Morgan fingerprint density at radius 1 is 0.189 bits per heavy atom. The molecule has 12 heteroatoms. The predicted molar refractivity (Wildman–Crippen MR) is 302 cm³/mol. The molecule has 0 radical (unpaired) electrons. The van der Waals surface area contributed by atoms with Gasteiger partial charge < -0.3 is 56.8 Å². The number of hydrogen-bond donors (Lipinski definition) is 0. The third-order valence-corrected chi connectivity index (χ3v) is 12.1. The summed E-state index contributed by atoms with van der Waals surface area (Å²) >= 11 is 0. The van der Waals surface area contributed by atoms with Gasteiger partial charge in [0.15, 0.2) is 0 Å². The lowest BCUT2D eigenvalue weighted by molar-refractivity contribution is 0.401. The SMILES string of the molecule is C=Cc1cc(OC)c(/C=C/c2cc(OC)c(/C=C/c3cc(OC)c(/C=C/c4cc(OC)c(/C=C/c5cc(OC)c(/C=C/c6cc(OC)c(C=C)cc6OC)cc5OC)cc4OC)cc3OC)cc2OC)cc1OC. The second-order valence-corrected chi connectivity index (χ2v) is 16.1. The molecular weight excluding hydrogens is 937 g/mol. The van der Waals surface area contributed by atoms with Gasteiger partial charge in [0.2, 0.25) is 0 Å². The molecule has 6 aromatic carbocycles. The van der Waals surface area contributed by atoms with Gasteiger partial charge in [-0.1, -0.05) is 86.1 Å². The molecule has 74 heavy (non-hydrogen) atoms. The zero-order chi connectivity index (χ0) is 53.3. The quantitative estimate of drug-likeness (QED) is 0.0538. The number of rotatable bonds is 24. The maximum Gasteiger partial charge on any atom is 0.126 e. The minimum atomic E-state index is 0.624. The smallest absolute Gasteiger partial charge is 0.126 e. The molecule has 6 rings (SSSR count). The molecule has 6 aromatic rings. The van der Waals surface area contributed by atoms with Gasteiger partial charge in [-0.3, -0.25) is 0 Å². The van der Waals surface area contributed by atoms with E-state index in [0.717, 1.165) is 66.8 Å². The summed E-state index contributed by atoms with van der Waals surface area (Å²) in [5, 5.41) is 0. The fraction of sp³-hybridized carbons (Fsp3) is 0.194. The average Bonchev–Trinajstić information content (AvgIpc) is 3.45. The summed E-state index contributed by atoms with van der Waals surface area (Å²) in [5.41, 5.74) is 9.60. The van der Waals surface area contributed by atoms with Gasteiger partial charge in [0.25, 0.3) is 0 Å². The van der Waals surface area contributed by atoms with Gasteiger partial charge in [-0.05, 0) is 72.8 Å². The first kappa shape index (κ1) is 54.4. The van der Waals surface area contributed by atoms with E-state index >= 15 is 0 Å². The van der Waals surface area contributed by atoms with Crippen LogP contribution in [0.3, 0.4) is 0 Å². The van der Waals surface area contributed by atoms with Crippen molar-refractivity contribution in [3.05, 3.63) is 153 Å². The van der Waals surface area contributed by atoms with Gasteiger partial charge in [-0.25, -0.2) is 0 Å². The topological polar surface area (TPSA) is 111 Å². The molecule has 0 N–H and O–H groups in total. The van der Waals surface area contributed by atoms with Gasteiger partial charge in [0.1, 0.15) is 69.0 Å². The van der Waals surface area contributed by atoms with Crippen molar-refractivity contribution in [1.82, 2.24) is 0 Å². The highest BCUT2D eigenvalue weighted by Crippen LogP contribution is 2.39. The Labute approximate surface area is 435 Å². The van der Waals surface area contributed by atoms with Crippen molar-refractivity contribution < 1.29 is 56.8 Å². The molecule has 0 aromatic heterocycles. The van der Waals surface area contributed by atoms with Crippen LogP contribution in [0.2, 0.25) is 0 Å². The van der Waals surface area contributed by atoms with Crippen LogP contribution < -0.4 is 56.8 Å². The van der Waals surface area contributed by atoms with E-state index < -0.39 is 0 Å². The van der Waals surface area contributed by atoms with Crippen LogP contribution in [0.25, 0.3) is 72.9 Å². The first-order chi connectivity index (χ1) is 36.0.